The molecule has 1 fully saturated rings. The smallest absolute Gasteiger partial charge is 0.254 e. The summed E-state index contributed by atoms with van der Waals surface area (Å²) in [4.78, 5) is 27.2. The molecule has 2 aromatic carbocycles. The van der Waals surface area contributed by atoms with Gasteiger partial charge in [-0.2, -0.15) is 4.31 Å². The van der Waals surface area contributed by atoms with Gasteiger partial charge in [0.1, 0.15) is 0 Å². The van der Waals surface area contributed by atoms with Gasteiger partial charge < -0.3 is 10.2 Å². The van der Waals surface area contributed by atoms with Gasteiger partial charge in [0.15, 0.2) is 0 Å². The molecular formula is C24H31N3O4S. The van der Waals surface area contributed by atoms with Crippen molar-refractivity contribution in [1.82, 2.24) is 9.21 Å². The molecule has 7 nitrogen and oxygen atoms in total. The molecule has 1 N–H and O–H groups in total. The van der Waals surface area contributed by atoms with Gasteiger partial charge in [-0.15, -0.1) is 0 Å². The van der Waals surface area contributed by atoms with Gasteiger partial charge >= 0.3 is 0 Å². The van der Waals surface area contributed by atoms with Crippen molar-refractivity contribution in [3.05, 3.63) is 59.2 Å². The maximum absolute atomic E-state index is 13.1. The minimum atomic E-state index is -3.62. The van der Waals surface area contributed by atoms with Crippen LogP contribution in [0.25, 0.3) is 0 Å². The summed E-state index contributed by atoms with van der Waals surface area (Å²) in [5.41, 5.74) is 2.08. The molecule has 0 aliphatic carbocycles. The lowest BCUT2D eigenvalue weighted by Gasteiger charge is -2.34. The van der Waals surface area contributed by atoms with Crippen LogP contribution in [-0.4, -0.2) is 55.6 Å². The molecule has 2 amide bonds. The van der Waals surface area contributed by atoms with E-state index in [0.717, 1.165) is 5.56 Å². The predicted molar refractivity (Wildman–Crippen MR) is 125 cm³/mol. The number of nitrogens with one attached hydrogen (secondary N) is 1. The number of carbonyl (C=O) groups excluding carboxylic acids is 2. The number of aryl methyl sites for hydroxylation is 2. The fourth-order valence-corrected chi connectivity index (χ4v) is 5.22. The number of carbonyl (C=O) groups is 2. The van der Waals surface area contributed by atoms with E-state index in [1.54, 1.807) is 42.2 Å². The van der Waals surface area contributed by atoms with Gasteiger partial charge in [0.25, 0.3) is 5.91 Å². The Kier molecular flexibility index (Phi) is 6.76. The van der Waals surface area contributed by atoms with Crippen molar-refractivity contribution in [2.24, 2.45) is 5.41 Å². The van der Waals surface area contributed by atoms with Crippen LogP contribution in [0.15, 0.2) is 47.4 Å². The molecule has 32 heavy (non-hydrogen) atoms. The molecule has 0 aromatic heterocycles. The van der Waals surface area contributed by atoms with E-state index in [-0.39, 0.29) is 24.9 Å². The van der Waals surface area contributed by atoms with Crippen molar-refractivity contribution >= 4 is 27.5 Å². The van der Waals surface area contributed by atoms with Crippen molar-refractivity contribution in [2.75, 3.05) is 31.5 Å². The van der Waals surface area contributed by atoms with E-state index in [1.165, 1.54) is 4.31 Å². The minimum absolute atomic E-state index is 0.132. The summed E-state index contributed by atoms with van der Waals surface area (Å²) in [7, 11) is -3.62. The molecule has 172 valence electrons. The highest BCUT2D eigenvalue weighted by atomic mass is 32.2. The molecule has 0 bridgehead atoms. The predicted octanol–water partition coefficient (Wildman–Crippen LogP) is 3.43. The molecule has 1 aliphatic rings. The van der Waals surface area contributed by atoms with Crippen molar-refractivity contribution in [3.8, 4) is 0 Å². The Balaban J connectivity index is 1.69. The normalized spacial score (nSPS) is 15.5. The largest absolute Gasteiger partial charge is 0.336 e. The van der Waals surface area contributed by atoms with Gasteiger partial charge in [-0.3, -0.25) is 9.59 Å². The van der Waals surface area contributed by atoms with E-state index in [1.807, 2.05) is 39.8 Å². The van der Waals surface area contributed by atoms with Crippen molar-refractivity contribution in [3.63, 3.8) is 0 Å². The first-order valence-corrected chi connectivity index (χ1v) is 12.1. The molecule has 0 spiro atoms. The number of benzene rings is 2. The number of hydrogen-bond acceptors (Lipinski definition) is 4. The summed E-state index contributed by atoms with van der Waals surface area (Å²) in [6.45, 7) is 10.2. The van der Waals surface area contributed by atoms with Crippen LogP contribution in [0.2, 0.25) is 0 Å². The number of amides is 2. The van der Waals surface area contributed by atoms with Crippen LogP contribution in [0.1, 0.15) is 42.3 Å². The summed E-state index contributed by atoms with van der Waals surface area (Å²) < 4.78 is 27.7. The molecule has 0 unspecified atom stereocenters. The van der Waals surface area contributed by atoms with E-state index in [9.17, 15) is 18.0 Å². The van der Waals surface area contributed by atoms with Crippen LogP contribution >= 0.6 is 0 Å². The Morgan fingerprint density at radius 2 is 1.59 bits per heavy atom. The average Bonchev–Trinajstić information content (AvgIpc) is 2.74. The van der Waals surface area contributed by atoms with E-state index in [2.05, 4.69) is 5.32 Å². The fraction of sp³-hybridized carbons (Fsp3) is 0.417. The highest BCUT2D eigenvalue weighted by molar-refractivity contribution is 7.89. The third kappa shape index (κ3) is 5.19. The highest BCUT2D eigenvalue weighted by Gasteiger charge is 2.31. The van der Waals surface area contributed by atoms with E-state index in [0.29, 0.717) is 34.8 Å². The number of rotatable bonds is 4. The van der Waals surface area contributed by atoms with E-state index >= 15 is 0 Å². The third-order valence-electron chi connectivity index (χ3n) is 5.54. The summed E-state index contributed by atoms with van der Waals surface area (Å²) in [5, 5.41) is 2.84. The van der Waals surface area contributed by atoms with E-state index < -0.39 is 15.4 Å². The first-order valence-electron chi connectivity index (χ1n) is 10.7. The first kappa shape index (κ1) is 23.9. The lowest BCUT2D eigenvalue weighted by Crippen LogP contribution is -2.50. The molecule has 2 aromatic rings. The standard InChI is InChI=1S/C24H31N3O4S/c1-17-9-10-18(2)21(15-17)32(30,31)27-13-11-26(12-14-27)22(28)19-7-6-8-20(16-19)25-23(29)24(3,4)5/h6-10,15-16H,11-14H2,1-5H3,(H,25,29). The molecule has 1 aliphatic heterocycles. The van der Waals surface area contributed by atoms with Gasteiger partial charge in [0.2, 0.25) is 15.9 Å². The second-order valence-electron chi connectivity index (χ2n) is 9.25. The summed E-state index contributed by atoms with van der Waals surface area (Å²) >= 11 is 0. The molecule has 0 atom stereocenters. The second-order valence-corrected chi connectivity index (χ2v) is 11.2. The SMILES string of the molecule is Cc1ccc(C)c(S(=O)(=O)N2CCN(C(=O)c3cccc(NC(=O)C(C)(C)C)c3)CC2)c1. The van der Waals surface area contributed by atoms with E-state index in [4.69, 9.17) is 0 Å². The zero-order chi connectivity index (χ0) is 23.7. The topological polar surface area (TPSA) is 86.8 Å². The van der Waals surface area contributed by atoms with Gasteiger partial charge in [-0.05, 0) is 49.2 Å². The fourth-order valence-electron chi connectivity index (χ4n) is 3.49. The maximum atomic E-state index is 13.1. The Morgan fingerprint density at radius 3 is 2.22 bits per heavy atom. The minimum Gasteiger partial charge on any atom is -0.336 e. The van der Waals surface area contributed by atoms with Crippen LogP contribution in [0.5, 0.6) is 0 Å². The summed E-state index contributed by atoms with van der Waals surface area (Å²) in [6, 6.07) is 12.2. The monoisotopic (exact) mass is 457 g/mol. The summed E-state index contributed by atoms with van der Waals surface area (Å²) in [5.74, 6) is -0.312. The van der Waals surface area contributed by atoms with Crippen LogP contribution in [0.4, 0.5) is 5.69 Å². The van der Waals surface area contributed by atoms with Gasteiger partial charge in [0.05, 0.1) is 4.90 Å². The maximum Gasteiger partial charge on any atom is 0.254 e. The Morgan fingerprint density at radius 1 is 0.938 bits per heavy atom. The quantitative estimate of drug-likeness (QED) is 0.762. The zero-order valence-corrected chi connectivity index (χ0v) is 20.1. The Labute approximate surface area is 190 Å². The van der Waals surface area contributed by atoms with Crippen LogP contribution < -0.4 is 5.32 Å². The Hall–Kier alpha value is -2.71. The molecule has 1 heterocycles. The number of hydrogen-bond donors (Lipinski definition) is 1. The van der Waals surface area contributed by atoms with Gasteiger partial charge in [-0.25, -0.2) is 8.42 Å². The number of piperazine rings is 1. The van der Waals surface area contributed by atoms with Crippen molar-refractivity contribution < 1.29 is 18.0 Å². The van der Waals surface area contributed by atoms with Crippen LogP contribution in [0.3, 0.4) is 0 Å². The number of sulfonamides is 1. The van der Waals surface area contributed by atoms with Crippen LogP contribution in [0, 0.1) is 19.3 Å². The van der Waals surface area contributed by atoms with Crippen molar-refractivity contribution in [1.29, 1.82) is 0 Å². The summed E-state index contributed by atoms with van der Waals surface area (Å²) in [6.07, 6.45) is 0. The number of anilines is 1. The van der Waals surface area contributed by atoms with Crippen molar-refractivity contribution in [2.45, 2.75) is 39.5 Å². The second kappa shape index (κ2) is 9.03. The molecule has 0 saturated carbocycles. The van der Waals surface area contributed by atoms with Gasteiger partial charge in [0, 0.05) is 42.8 Å². The third-order valence-corrected chi connectivity index (χ3v) is 7.58. The molecule has 8 heteroatoms. The highest BCUT2D eigenvalue weighted by Crippen LogP contribution is 2.23. The molecule has 3 rings (SSSR count). The molecular weight excluding hydrogens is 426 g/mol. The lowest BCUT2D eigenvalue weighted by atomic mass is 9.95. The molecule has 1 saturated heterocycles. The average molecular weight is 458 g/mol. The van der Waals surface area contributed by atoms with Gasteiger partial charge in [-0.1, -0.05) is 39.0 Å². The lowest BCUT2D eigenvalue weighted by molar-refractivity contribution is -0.123. The molecule has 0 radical (unpaired) electrons. The Bertz CT molecular complexity index is 1130. The number of nitrogens with zero attached hydrogens (tertiary/aromatic N) is 2. The zero-order valence-electron chi connectivity index (χ0n) is 19.3. The van der Waals surface area contributed by atoms with Crippen LogP contribution in [-0.2, 0) is 14.8 Å². The first-order chi connectivity index (χ1) is 14.9.